The summed E-state index contributed by atoms with van der Waals surface area (Å²) in [7, 11) is -2.28. The third-order valence-corrected chi connectivity index (χ3v) is 19.0. The van der Waals surface area contributed by atoms with E-state index < -0.39 is 25.7 Å². The minimum absolute atomic E-state index is 0.550. The molecule has 0 radical (unpaired) electrons. The molecular formula is C15H36O6Si3. The van der Waals surface area contributed by atoms with Crippen molar-refractivity contribution in [1.82, 2.24) is 0 Å². The molecule has 6 nitrogen and oxygen atoms in total. The van der Waals surface area contributed by atoms with Crippen LogP contribution in [0.5, 0.6) is 0 Å². The second-order valence-corrected chi connectivity index (χ2v) is 16.9. The summed E-state index contributed by atoms with van der Waals surface area (Å²) in [6.07, 6.45) is 4.70. The van der Waals surface area contributed by atoms with E-state index in [1.165, 1.54) is 0 Å². The second kappa shape index (κ2) is 10.5. The lowest BCUT2D eigenvalue weighted by Crippen LogP contribution is -2.74. The summed E-state index contributed by atoms with van der Waals surface area (Å²) < 4.78 is 36.9. The molecule has 0 bridgehead atoms. The fourth-order valence-corrected chi connectivity index (χ4v) is 21.2. The molecule has 24 heavy (non-hydrogen) atoms. The molecule has 0 aliphatic carbocycles. The predicted octanol–water partition coefficient (Wildman–Crippen LogP) is 3.16. The van der Waals surface area contributed by atoms with Crippen molar-refractivity contribution < 1.29 is 26.6 Å². The van der Waals surface area contributed by atoms with Crippen LogP contribution in [0, 0.1) is 0 Å². The standard InChI is InChI=1S/C15H36O6Si3/c1-7-10-22(13-16-4)19-23(11-8-2,14-17-5)21-24(20-22,12-9-3)15-18-6/h7-15H2,1-6H3. The van der Waals surface area contributed by atoms with Crippen molar-refractivity contribution in [2.75, 3.05) is 40.0 Å². The summed E-state index contributed by atoms with van der Waals surface area (Å²) in [5, 5.41) is 0. The Bertz CT molecular complexity index is 276. The van der Waals surface area contributed by atoms with E-state index >= 15 is 0 Å². The Kier molecular flexibility index (Phi) is 9.85. The van der Waals surface area contributed by atoms with Crippen LogP contribution in [-0.2, 0) is 26.6 Å². The Hall–Kier alpha value is 0.411. The zero-order valence-corrected chi connectivity index (χ0v) is 19.3. The maximum Gasteiger partial charge on any atom is 0.347 e. The van der Waals surface area contributed by atoms with E-state index in [9.17, 15) is 0 Å². The summed E-state index contributed by atoms with van der Waals surface area (Å²) in [5.74, 6) is 0. The van der Waals surface area contributed by atoms with E-state index in [0.717, 1.165) is 37.4 Å². The maximum atomic E-state index is 6.73. The Morgan fingerprint density at radius 2 is 0.792 bits per heavy atom. The number of hydrogen-bond acceptors (Lipinski definition) is 6. The van der Waals surface area contributed by atoms with Gasteiger partial charge in [-0.1, -0.05) is 40.0 Å². The Morgan fingerprint density at radius 3 is 0.958 bits per heavy atom. The normalized spacial score (nSPS) is 33.8. The van der Waals surface area contributed by atoms with Crippen molar-refractivity contribution >= 4 is 25.7 Å². The Morgan fingerprint density at radius 1 is 0.542 bits per heavy atom. The van der Waals surface area contributed by atoms with Gasteiger partial charge < -0.3 is 26.6 Å². The van der Waals surface area contributed by atoms with Crippen LogP contribution in [0.2, 0.25) is 18.1 Å². The smallest absolute Gasteiger partial charge is 0.347 e. The van der Waals surface area contributed by atoms with Crippen LogP contribution in [-0.4, -0.2) is 65.7 Å². The van der Waals surface area contributed by atoms with Gasteiger partial charge in [0, 0.05) is 21.3 Å². The number of rotatable bonds is 12. The van der Waals surface area contributed by atoms with Crippen LogP contribution >= 0.6 is 0 Å². The van der Waals surface area contributed by atoms with Crippen LogP contribution in [0.3, 0.4) is 0 Å². The van der Waals surface area contributed by atoms with Crippen LogP contribution < -0.4 is 0 Å². The molecule has 0 aromatic rings. The average Bonchev–Trinajstić information content (AvgIpc) is 2.48. The molecule has 0 N–H and O–H groups in total. The first kappa shape index (κ1) is 22.5. The first-order chi connectivity index (χ1) is 11.5. The highest BCUT2D eigenvalue weighted by atomic mass is 28.5. The molecule has 9 heteroatoms. The lowest BCUT2D eigenvalue weighted by Gasteiger charge is -2.52. The number of hydrogen-bond donors (Lipinski definition) is 0. The Labute approximate surface area is 150 Å². The van der Waals surface area contributed by atoms with Crippen molar-refractivity contribution in [3.05, 3.63) is 0 Å². The molecule has 1 saturated heterocycles. The first-order valence-corrected chi connectivity index (χ1v) is 15.8. The monoisotopic (exact) mass is 396 g/mol. The topological polar surface area (TPSA) is 55.4 Å². The van der Waals surface area contributed by atoms with Crippen LogP contribution in [0.1, 0.15) is 40.0 Å². The molecule has 1 aliphatic rings. The van der Waals surface area contributed by atoms with Gasteiger partial charge in [0.15, 0.2) is 0 Å². The summed E-state index contributed by atoms with van der Waals surface area (Å²) in [4.78, 5) is 0. The van der Waals surface area contributed by atoms with Crippen molar-refractivity contribution in [3.63, 3.8) is 0 Å². The molecule has 0 aromatic carbocycles. The third kappa shape index (κ3) is 5.71. The quantitative estimate of drug-likeness (QED) is 0.472. The van der Waals surface area contributed by atoms with Gasteiger partial charge in [-0.25, -0.2) is 0 Å². The largest absolute Gasteiger partial charge is 0.413 e. The molecule has 144 valence electrons. The number of methoxy groups -OCH3 is 3. The highest BCUT2D eigenvalue weighted by Gasteiger charge is 2.61. The summed E-state index contributed by atoms with van der Waals surface area (Å²) in [5.41, 5.74) is 0. The molecule has 1 fully saturated rings. The highest BCUT2D eigenvalue weighted by Crippen LogP contribution is 2.38. The van der Waals surface area contributed by atoms with E-state index in [2.05, 4.69) is 20.8 Å². The molecule has 0 unspecified atom stereocenters. The number of ether oxygens (including phenoxy) is 3. The van der Waals surface area contributed by atoms with E-state index in [1.807, 2.05) is 0 Å². The maximum absolute atomic E-state index is 6.73. The SMILES string of the molecule is CCC[Si]1(COC)O[Si](CCC)(COC)O[Si](CCC)(COC)O1. The Balaban J connectivity index is 3.29. The minimum atomic E-state index is -2.49. The first-order valence-electron chi connectivity index (χ1n) is 9.06. The van der Waals surface area contributed by atoms with E-state index in [-0.39, 0.29) is 0 Å². The molecule has 1 heterocycles. The minimum Gasteiger partial charge on any atom is -0.413 e. The van der Waals surface area contributed by atoms with Crippen LogP contribution in [0.4, 0.5) is 0 Å². The molecule has 1 aliphatic heterocycles. The van der Waals surface area contributed by atoms with Gasteiger partial charge in [0.1, 0.15) is 0 Å². The van der Waals surface area contributed by atoms with Gasteiger partial charge in [-0.2, -0.15) is 0 Å². The summed E-state index contributed by atoms with van der Waals surface area (Å²) >= 11 is 0. The molecule has 1 rings (SSSR count). The van der Waals surface area contributed by atoms with Gasteiger partial charge in [0.05, 0.1) is 18.7 Å². The van der Waals surface area contributed by atoms with Gasteiger partial charge in [-0.15, -0.1) is 0 Å². The molecule has 0 amide bonds. The van der Waals surface area contributed by atoms with Gasteiger partial charge >= 0.3 is 25.7 Å². The molecule has 0 saturated carbocycles. The summed E-state index contributed by atoms with van der Waals surface area (Å²) in [6, 6.07) is 2.78. The highest BCUT2D eigenvalue weighted by molar-refractivity contribution is 6.94. The fraction of sp³-hybridized carbons (Fsp3) is 1.00. The van der Waals surface area contributed by atoms with Crippen molar-refractivity contribution in [2.24, 2.45) is 0 Å². The average molecular weight is 397 g/mol. The molecule has 0 atom stereocenters. The van der Waals surface area contributed by atoms with Crippen LogP contribution in [0.25, 0.3) is 0 Å². The summed E-state index contributed by atoms with van der Waals surface area (Å²) in [6.45, 7) is 6.52. The second-order valence-electron chi connectivity index (χ2n) is 6.59. The predicted molar refractivity (Wildman–Crippen MR) is 101 cm³/mol. The molecule has 0 aromatic heterocycles. The zero-order valence-electron chi connectivity index (χ0n) is 16.3. The van der Waals surface area contributed by atoms with Gasteiger partial charge in [0.2, 0.25) is 0 Å². The van der Waals surface area contributed by atoms with Gasteiger partial charge in [0.25, 0.3) is 0 Å². The van der Waals surface area contributed by atoms with E-state index in [1.54, 1.807) is 21.3 Å². The van der Waals surface area contributed by atoms with Crippen LogP contribution in [0.15, 0.2) is 0 Å². The lowest BCUT2D eigenvalue weighted by atomic mass is 10.6. The lowest BCUT2D eigenvalue weighted by molar-refractivity contribution is 0.114. The fourth-order valence-electron chi connectivity index (χ4n) is 3.58. The van der Waals surface area contributed by atoms with Gasteiger partial charge in [-0.05, 0) is 18.1 Å². The third-order valence-electron chi connectivity index (χ3n) is 4.10. The van der Waals surface area contributed by atoms with Crippen molar-refractivity contribution in [2.45, 2.75) is 58.2 Å². The van der Waals surface area contributed by atoms with Crippen molar-refractivity contribution in [3.8, 4) is 0 Å². The molecule has 0 spiro atoms. The van der Waals surface area contributed by atoms with E-state index in [4.69, 9.17) is 26.6 Å². The molecular weight excluding hydrogens is 360 g/mol. The van der Waals surface area contributed by atoms with Crippen molar-refractivity contribution in [1.29, 1.82) is 0 Å². The van der Waals surface area contributed by atoms with E-state index in [0.29, 0.717) is 18.7 Å². The van der Waals surface area contributed by atoms with Gasteiger partial charge in [-0.3, -0.25) is 0 Å². The zero-order chi connectivity index (χ0) is 18.1.